The molecule has 0 N–H and O–H groups in total. The van der Waals surface area contributed by atoms with E-state index in [1.807, 2.05) is 0 Å². The third-order valence-corrected chi connectivity index (χ3v) is 4.56. The average molecular weight is 373 g/mol. The number of aromatic nitrogens is 3. The van der Waals surface area contributed by atoms with Crippen LogP contribution in [0, 0.1) is 0 Å². The van der Waals surface area contributed by atoms with E-state index in [-0.39, 0.29) is 12.6 Å². The van der Waals surface area contributed by atoms with Crippen LogP contribution in [0.1, 0.15) is 37.8 Å². The van der Waals surface area contributed by atoms with Crippen LogP contribution in [0.4, 0.5) is 0 Å². The molecule has 1 unspecified atom stereocenters. The summed E-state index contributed by atoms with van der Waals surface area (Å²) in [5.74, 6) is 0. The van der Waals surface area contributed by atoms with E-state index >= 15 is 0 Å². The Bertz CT molecular complexity index is 804. The van der Waals surface area contributed by atoms with Gasteiger partial charge in [0.2, 0.25) is 0 Å². The fourth-order valence-corrected chi connectivity index (χ4v) is 3.16. The molecule has 27 heavy (non-hydrogen) atoms. The summed E-state index contributed by atoms with van der Waals surface area (Å²) in [5.41, 5.74) is -1.87. The molecule has 1 atom stereocenters. The predicted molar refractivity (Wildman–Crippen MR) is 106 cm³/mol. The fraction of sp³-hybridized carbons (Fsp3) is 0.450. The molecule has 1 aliphatic heterocycles. The zero-order valence-corrected chi connectivity index (χ0v) is 15.6. The lowest BCUT2D eigenvalue weighted by Crippen LogP contribution is -2.56. The maximum atomic E-state index is 13.2. The Morgan fingerprint density at radius 1 is 0.815 bits per heavy atom. The topological polar surface area (TPSA) is 78.5 Å². The molecule has 1 aromatic heterocycles. The van der Waals surface area contributed by atoms with Crippen LogP contribution in [0.5, 0.6) is 0 Å². The van der Waals surface area contributed by atoms with E-state index in [1.165, 1.54) is 0 Å². The van der Waals surface area contributed by atoms with Gasteiger partial charge < -0.3 is 4.74 Å². The van der Waals surface area contributed by atoms with Gasteiger partial charge in [0, 0.05) is 0 Å². The van der Waals surface area contributed by atoms with E-state index in [2.05, 4.69) is 26.3 Å². The molecule has 7 nitrogen and oxygen atoms in total. The summed E-state index contributed by atoms with van der Waals surface area (Å²) >= 11 is 0. The Kier molecular flexibility index (Phi) is 7.12. The van der Waals surface area contributed by atoms with Crippen molar-refractivity contribution in [2.24, 2.45) is 0 Å². The first-order valence-corrected chi connectivity index (χ1v) is 9.03. The van der Waals surface area contributed by atoms with Gasteiger partial charge in [-0.1, -0.05) is 24.3 Å². The number of nitrogens with zero attached hydrogens (tertiary/aromatic N) is 3. The Morgan fingerprint density at radius 2 is 1.19 bits per heavy atom. The van der Waals surface area contributed by atoms with E-state index in [9.17, 15) is 14.4 Å². The minimum absolute atomic E-state index is 0.127. The molecule has 1 aromatic rings. The van der Waals surface area contributed by atoms with Crippen molar-refractivity contribution in [3.8, 4) is 0 Å². The number of ether oxygens (including phenoxy) is 1. The molecule has 0 saturated carbocycles. The van der Waals surface area contributed by atoms with Gasteiger partial charge in [0.05, 0.1) is 31.3 Å². The minimum Gasteiger partial charge on any atom is -0.371 e. The highest BCUT2D eigenvalue weighted by molar-refractivity contribution is 4.94. The van der Waals surface area contributed by atoms with Gasteiger partial charge >= 0.3 is 17.1 Å². The van der Waals surface area contributed by atoms with Crippen molar-refractivity contribution in [1.29, 1.82) is 0 Å². The summed E-state index contributed by atoms with van der Waals surface area (Å²) in [6, 6.07) is -0.905. The van der Waals surface area contributed by atoms with Crippen LogP contribution >= 0.6 is 0 Å². The molecule has 0 amide bonds. The lowest BCUT2D eigenvalue weighted by molar-refractivity contribution is 0.329. The lowest BCUT2D eigenvalue weighted by atomic mass is 10.1. The maximum Gasteiger partial charge on any atom is 0.336 e. The second kappa shape index (κ2) is 9.32. The Hall–Kier alpha value is -2.67. The van der Waals surface area contributed by atoms with Gasteiger partial charge in [-0.2, -0.15) is 0 Å². The Morgan fingerprint density at radius 3 is 1.48 bits per heavy atom. The highest BCUT2D eigenvalue weighted by atomic mass is 16.6. The SMILES string of the molecule is C=CCC(CC=C)n1c(=O)n(CC2CO2)c(=O)n(C(CC=C)CC=C)c1=O. The molecule has 2 heterocycles. The van der Waals surface area contributed by atoms with Crippen LogP contribution < -0.4 is 17.1 Å². The van der Waals surface area contributed by atoms with Crippen molar-refractivity contribution in [2.45, 2.75) is 50.4 Å². The number of hydrogen-bond acceptors (Lipinski definition) is 4. The van der Waals surface area contributed by atoms with Crippen LogP contribution in [-0.4, -0.2) is 26.4 Å². The number of rotatable bonds is 12. The Labute approximate surface area is 158 Å². The van der Waals surface area contributed by atoms with Crippen molar-refractivity contribution in [3.05, 3.63) is 82.1 Å². The summed E-state index contributed by atoms with van der Waals surface area (Å²) in [5, 5.41) is 0. The second-order valence-electron chi connectivity index (χ2n) is 6.56. The molecule has 1 fully saturated rings. The van der Waals surface area contributed by atoms with Crippen LogP contribution in [0.3, 0.4) is 0 Å². The first-order valence-electron chi connectivity index (χ1n) is 9.03. The molecule has 0 aliphatic carbocycles. The molecule has 1 saturated heterocycles. The van der Waals surface area contributed by atoms with Gasteiger partial charge in [-0.25, -0.2) is 28.1 Å². The second-order valence-corrected chi connectivity index (χ2v) is 6.56. The summed E-state index contributed by atoms with van der Waals surface area (Å²) in [6.45, 7) is 15.5. The number of epoxide rings is 1. The minimum atomic E-state index is -0.625. The van der Waals surface area contributed by atoms with Crippen molar-refractivity contribution < 1.29 is 4.74 Å². The van der Waals surface area contributed by atoms with E-state index in [1.54, 1.807) is 24.3 Å². The summed E-state index contributed by atoms with van der Waals surface area (Å²) in [7, 11) is 0. The lowest BCUT2D eigenvalue weighted by Gasteiger charge is -2.23. The molecular formula is C20H27N3O4. The normalized spacial score (nSPS) is 15.7. The summed E-state index contributed by atoms with van der Waals surface area (Å²) in [6.07, 6.45) is 8.05. The Balaban J connectivity index is 2.77. The molecule has 0 spiro atoms. The predicted octanol–water partition coefficient (Wildman–Crippen LogP) is 1.96. The number of hydrogen-bond donors (Lipinski definition) is 0. The van der Waals surface area contributed by atoms with Gasteiger partial charge in [0.15, 0.2) is 0 Å². The monoisotopic (exact) mass is 373 g/mol. The van der Waals surface area contributed by atoms with Gasteiger partial charge in [0.1, 0.15) is 0 Å². The molecule has 0 radical (unpaired) electrons. The fourth-order valence-electron chi connectivity index (χ4n) is 3.16. The maximum absolute atomic E-state index is 13.2. The third-order valence-electron chi connectivity index (χ3n) is 4.56. The highest BCUT2D eigenvalue weighted by Crippen LogP contribution is 2.16. The average Bonchev–Trinajstić information content (AvgIpc) is 3.44. The largest absolute Gasteiger partial charge is 0.371 e. The quantitative estimate of drug-likeness (QED) is 0.414. The zero-order chi connectivity index (χ0) is 20.0. The van der Waals surface area contributed by atoms with E-state index in [4.69, 9.17) is 4.74 Å². The smallest absolute Gasteiger partial charge is 0.336 e. The molecular weight excluding hydrogens is 346 g/mol. The first kappa shape index (κ1) is 20.6. The molecule has 0 aromatic carbocycles. The van der Waals surface area contributed by atoms with Crippen LogP contribution in [0.25, 0.3) is 0 Å². The molecule has 1 aliphatic rings. The molecule has 2 rings (SSSR count). The van der Waals surface area contributed by atoms with Crippen molar-refractivity contribution in [2.75, 3.05) is 6.61 Å². The molecule has 7 heteroatoms. The van der Waals surface area contributed by atoms with Crippen molar-refractivity contribution in [1.82, 2.24) is 13.7 Å². The van der Waals surface area contributed by atoms with Crippen LogP contribution in [0.2, 0.25) is 0 Å². The van der Waals surface area contributed by atoms with Crippen LogP contribution in [0.15, 0.2) is 65.0 Å². The van der Waals surface area contributed by atoms with E-state index in [0.29, 0.717) is 32.3 Å². The van der Waals surface area contributed by atoms with E-state index in [0.717, 1.165) is 13.7 Å². The third kappa shape index (κ3) is 4.54. The van der Waals surface area contributed by atoms with Gasteiger partial charge in [-0.15, -0.1) is 26.3 Å². The number of allylic oxidation sites excluding steroid dienone is 4. The van der Waals surface area contributed by atoms with Gasteiger partial charge in [-0.05, 0) is 25.7 Å². The van der Waals surface area contributed by atoms with E-state index < -0.39 is 29.2 Å². The van der Waals surface area contributed by atoms with Gasteiger partial charge in [-0.3, -0.25) is 0 Å². The standard InChI is InChI=1S/C20H27N3O4/c1-5-9-15(10-6-2)22-18(24)21(13-17-14-27-17)19(25)23(20(22)26)16(11-7-3)12-8-4/h5-8,15-17H,1-4,9-14H2. The molecule has 146 valence electrons. The zero-order valence-electron chi connectivity index (χ0n) is 15.6. The summed E-state index contributed by atoms with van der Waals surface area (Å²) in [4.78, 5) is 39.2. The first-order chi connectivity index (χ1) is 13.0. The van der Waals surface area contributed by atoms with Gasteiger partial charge in [0.25, 0.3) is 0 Å². The highest BCUT2D eigenvalue weighted by Gasteiger charge is 2.29. The summed E-state index contributed by atoms with van der Waals surface area (Å²) < 4.78 is 8.57. The van der Waals surface area contributed by atoms with Crippen molar-refractivity contribution in [3.63, 3.8) is 0 Å². The van der Waals surface area contributed by atoms with Crippen LogP contribution in [-0.2, 0) is 11.3 Å². The molecule has 0 bridgehead atoms. The van der Waals surface area contributed by atoms with Crippen molar-refractivity contribution >= 4 is 0 Å².